The number of furan rings is 1. The van der Waals surface area contributed by atoms with Crippen LogP contribution in [0.1, 0.15) is 19.4 Å². The van der Waals surface area contributed by atoms with Gasteiger partial charge in [0.1, 0.15) is 5.75 Å². The Morgan fingerprint density at radius 3 is 2.85 bits per heavy atom. The zero-order valence-corrected chi connectivity index (χ0v) is 16.5. The predicted molar refractivity (Wildman–Crippen MR) is 105 cm³/mol. The minimum atomic E-state index is -0.367. The average molecular weight is 386 g/mol. The zero-order valence-electron chi connectivity index (χ0n) is 15.7. The molecule has 1 atom stereocenters. The van der Waals surface area contributed by atoms with Gasteiger partial charge in [0, 0.05) is 6.54 Å². The molecule has 3 rings (SSSR count). The maximum absolute atomic E-state index is 12.7. The van der Waals surface area contributed by atoms with Crippen LogP contribution in [-0.4, -0.2) is 33.0 Å². The summed E-state index contributed by atoms with van der Waals surface area (Å²) in [5.74, 6) is 1.80. The second-order valence-electron chi connectivity index (χ2n) is 5.98. The van der Waals surface area contributed by atoms with Gasteiger partial charge in [0.2, 0.25) is 5.91 Å². The summed E-state index contributed by atoms with van der Waals surface area (Å²) in [6.45, 7) is 6.48. The summed E-state index contributed by atoms with van der Waals surface area (Å²) in [6.07, 6.45) is 1.60. The molecule has 1 amide bonds. The van der Waals surface area contributed by atoms with Crippen molar-refractivity contribution in [1.29, 1.82) is 0 Å². The number of thioether (sulfide) groups is 1. The van der Waals surface area contributed by atoms with Crippen molar-refractivity contribution in [3.05, 3.63) is 42.2 Å². The van der Waals surface area contributed by atoms with E-state index in [2.05, 4.69) is 15.5 Å². The first-order chi connectivity index (χ1) is 13.0. The van der Waals surface area contributed by atoms with Crippen molar-refractivity contribution in [2.24, 2.45) is 0 Å². The number of methoxy groups -OCH3 is 1. The number of hydrogen-bond acceptors (Lipinski definition) is 6. The second kappa shape index (κ2) is 8.30. The molecule has 0 saturated heterocycles. The highest BCUT2D eigenvalue weighted by atomic mass is 32.2. The number of aryl methyl sites for hydroxylation is 1. The van der Waals surface area contributed by atoms with E-state index in [0.29, 0.717) is 34.7 Å². The van der Waals surface area contributed by atoms with Gasteiger partial charge in [-0.25, -0.2) is 0 Å². The molecule has 0 saturated carbocycles. The van der Waals surface area contributed by atoms with Crippen molar-refractivity contribution in [2.45, 2.75) is 37.7 Å². The minimum absolute atomic E-state index is 0.130. The number of anilines is 1. The lowest BCUT2D eigenvalue weighted by Crippen LogP contribution is -2.23. The number of amides is 1. The van der Waals surface area contributed by atoms with E-state index in [-0.39, 0.29) is 11.2 Å². The van der Waals surface area contributed by atoms with Crippen molar-refractivity contribution in [1.82, 2.24) is 14.8 Å². The molecule has 0 aliphatic heterocycles. The highest BCUT2D eigenvalue weighted by Gasteiger charge is 2.22. The average Bonchev–Trinajstić information content (AvgIpc) is 3.31. The van der Waals surface area contributed by atoms with E-state index in [1.807, 2.05) is 55.7 Å². The van der Waals surface area contributed by atoms with Gasteiger partial charge in [-0.05, 0) is 50.6 Å². The molecule has 8 heteroatoms. The smallest absolute Gasteiger partial charge is 0.237 e. The maximum Gasteiger partial charge on any atom is 0.237 e. The quantitative estimate of drug-likeness (QED) is 0.618. The third-order valence-electron chi connectivity index (χ3n) is 4.04. The summed E-state index contributed by atoms with van der Waals surface area (Å²) in [5, 5.41) is 11.7. The molecule has 0 aliphatic carbocycles. The van der Waals surface area contributed by atoms with E-state index in [0.717, 1.165) is 5.56 Å². The lowest BCUT2D eigenvalue weighted by Gasteiger charge is -2.15. The highest BCUT2D eigenvalue weighted by molar-refractivity contribution is 8.00. The van der Waals surface area contributed by atoms with E-state index >= 15 is 0 Å². The molecule has 0 bridgehead atoms. The highest BCUT2D eigenvalue weighted by Crippen LogP contribution is 2.29. The van der Waals surface area contributed by atoms with Crippen molar-refractivity contribution < 1.29 is 13.9 Å². The van der Waals surface area contributed by atoms with Gasteiger partial charge in [0.15, 0.2) is 16.7 Å². The van der Waals surface area contributed by atoms with Gasteiger partial charge < -0.3 is 14.5 Å². The Morgan fingerprint density at radius 2 is 2.19 bits per heavy atom. The fourth-order valence-corrected chi connectivity index (χ4v) is 3.53. The molecule has 1 aromatic carbocycles. The summed E-state index contributed by atoms with van der Waals surface area (Å²) in [5.41, 5.74) is 1.70. The number of aromatic nitrogens is 3. The fourth-order valence-electron chi connectivity index (χ4n) is 2.61. The third kappa shape index (κ3) is 4.16. The first-order valence-corrected chi connectivity index (χ1v) is 9.50. The van der Waals surface area contributed by atoms with E-state index in [4.69, 9.17) is 9.15 Å². The Labute approximate surface area is 162 Å². The number of nitrogens with one attached hydrogen (secondary N) is 1. The molecule has 1 N–H and O–H groups in total. The van der Waals surface area contributed by atoms with Gasteiger partial charge in [-0.3, -0.25) is 9.36 Å². The second-order valence-corrected chi connectivity index (χ2v) is 7.29. The number of carbonyl (C=O) groups is 1. The SMILES string of the molecule is CCn1c(SC(C)C(=O)Nc2cc(C)ccc2OC)nnc1-c1ccco1. The third-order valence-corrected chi connectivity index (χ3v) is 5.12. The number of benzene rings is 1. The van der Waals surface area contributed by atoms with Crippen LogP contribution in [0.3, 0.4) is 0 Å². The van der Waals surface area contributed by atoms with Gasteiger partial charge in [-0.15, -0.1) is 10.2 Å². The van der Waals surface area contributed by atoms with Crippen LogP contribution in [0.4, 0.5) is 5.69 Å². The molecule has 7 nitrogen and oxygen atoms in total. The van der Waals surface area contributed by atoms with Gasteiger partial charge in [-0.2, -0.15) is 0 Å². The van der Waals surface area contributed by atoms with Crippen LogP contribution in [0.5, 0.6) is 5.75 Å². The van der Waals surface area contributed by atoms with Crippen LogP contribution < -0.4 is 10.1 Å². The fraction of sp³-hybridized carbons (Fsp3) is 0.316. The first-order valence-electron chi connectivity index (χ1n) is 8.62. The molecule has 0 aliphatic rings. The molecule has 2 aromatic heterocycles. The number of carbonyl (C=O) groups excluding carboxylic acids is 1. The van der Waals surface area contributed by atoms with Gasteiger partial charge in [0.25, 0.3) is 0 Å². The molecule has 2 heterocycles. The maximum atomic E-state index is 12.7. The molecular weight excluding hydrogens is 364 g/mol. The normalized spacial score (nSPS) is 12.0. The Hall–Kier alpha value is -2.74. The van der Waals surface area contributed by atoms with E-state index in [9.17, 15) is 4.79 Å². The molecular formula is C19H22N4O3S. The zero-order chi connectivity index (χ0) is 19.4. The summed E-state index contributed by atoms with van der Waals surface area (Å²) < 4.78 is 12.7. The molecule has 0 spiro atoms. The predicted octanol–water partition coefficient (Wildman–Crippen LogP) is 3.99. The lowest BCUT2D eigenvalue weighted by molar-refractivity contribution is -0.115. The van der Waals surface area contributed by atoms with E-state index in [1.165, 1.54) is 11.8 Å². The van der Waals surface area contributed by atoms with Crippen LogP contribution in [0.15, 0.2) is 46.2 Å². The molecule has 1 unspecified atom stereocenters. The number of hydrogen-bond donors (Lipinski definition) is 1. The number of rotatable bonds is 7. The van der Waals surface area contributed by atoms with Crippen LogP contribution in [0.2, 0.25) is 0 Å². The van der Waals surface area contributed by atoms with Crippen LogP contribution in [0.25, 0.3) is 11.6 Å². The lowest BCUT2D eigenvalue weighted by atomic mass is 10.2. The van der Waals surface area contributed by atoms with Crippen LogP contribution in [0, 0.1) is 6.92 Å². The van der Waals surface area contributed by atoms with Gasteiger partial charge >= 0.3 is 0 Å². The molecule has 142 valence electrons. The number of ether oxygens (including phenoxy) is 1. The topological polar surface area (TPSA) is 82.2 Å². The molecule has 3 aromatic rings. The minimum Gasteiger partial charge on any atom is -0.495 e. The Balaban J connectivity index is 1.75. The van der Waals surface area contributed by atoms with Gasteiger partial charge in [-0.1, -0.05) is 17.8 Å². The summed E-state index contributed by atoms with van der Waals surface area (Å²) in [6, 6.07) is 9.31. The van der Waals surface area contributed by atoms with Gasteiger partial charge in [0.05, 0.1) is 24.3 Å². The van der Waals surface area contributed by atoms with Crippen molar-refractivity contribution in [3.63, 3.8) is 0 Å². The summed E-state index contributed by atoms with van der Waals surface area (Å²) in [4.78, 5) is 12.7. The Kier molecular flexibility index (Phi) is 5.85. The first kappa shape index (κ1) is 19.0. The number of nitrogens with zero attached hydrogens (tertiary/aromatic N) is 3. The Bertz CT molecular complexity index is 921. The standard InChI is InChI=1S/C19H22N4O3S/c1-5-23-17(16-7-6-10-26-16)21-22-19(23)27-13(3)18(24)20-14-11-12(2)8-9-15(14)25-4/h6-11,13H,5H2,1-4H3,(H,20,24). The van der Waals surface area contributed by atoms with E-state index < -0.39 is 0 Å². The largest absolute Gasteiger partial charge is 0.495 e. The van der Waals surface area contributed by atoms with E-state index in [1.54, 1.807) is 13.4 Å². The van der Waals surface area contributed by atoms with Crippen molar-refractivity contribution in [2.75, 3.05) is 12.4 Å². The molecule has 27 heavy (non-hydrogen) atoms. The van der Waals surface area contributed by atoms with Crippen molar-refractivity contribution >= 4 is 23.4 Å². The van der Waals surface area contributed by atoms with Crippen LogP contribution in [-0.2, 0) is 11.3 Å². The Morgan fingerprint density at radius 1 is 1.37 bits per heavy atom. The summed E-state index contributed by atoms with van der Waals surface area (Å²) >= 11 is 1.35. The van der Waals surface area contributed by atoms with Crippen molar-refractivity contribution in [3.8, 4) is 17.3 Å². The van der Waals surface area contributed by atoms with Crippen LogP contribution >= 0.6 is 11.8 Å². The summed E-state index contributed by atoms with van der Waals surface area (Å²) in [7, 11) is 1.58. The molecule has 0 radical (unpaired) electrons. The monoisotopic (exact) mass is 386 g/mol. The molecule has 0 fully saturated rings.